The smallest absolute Gasteiger partial charge is 0.337 e. The monoisotopic (exact) mass is 267 g/mol. The zero-order valence-electron chi connectivity index (χ0n) is 10.9. The van der Waals surface area contributed by atoms with Crippen molar-refractivity contribution in [2.75, 3.05) is 11.9 Å². The van der Waals surface area contributed by atoms with E-state index in [4.69, 9.17) is 4.74 Å². The van der Waals surface area contributed by atoms with Crippen molar-refractivity contribution in [3.05, 3.63) is 58.4 Å². The van der Waals surface area contributed by atoms with Crippen molar-refractivity contribution in [1.82, 2.24) is 10.2 Å². The van der Waals surface area contributed by atoms with Crippen molar-refractivity contribution in [3.8, 4) is 0 Å². The van der Waals surface area contributed by atoms with E-state index in [1.54, 1.807) is 0 Å². The molecule has 0 saturated heterocycles. The zero-order chi connectivity index (χ0) is 13.7. The van der Waals surface area contributed by atoms with Crippen molar-refractivity contribution in [2.45, 2.75) is 12.8 Å². The lowest BCUT2D eigenvalue weighted by Crippen LogP contribution is -2.19. The van der Waals surface area contributed by atoms with Crippen LogP contribution in [0.25, 0.3) is 0 Å². The highest BCUT2D eigenvalue weighted by Crippen LogP contribution is 2.44. The average Bonchev–Trinajstić information content (AvgIpc) is 3.03. The molecule has 1 aromatic heterocycles. The van der Waals surface area contributed by atoms with Crippen LogP contribution in [0, 0.1) is 6.92 Å². The van der Waals surface area contributed by atoms with Gasteiger partial charge in [-0.05, 0) is 12.5 Å². The molecule has 2 aliphatic rings. The number of fused-ring (bicyclic) bond motifs is 1. The minimum atomic E-state index is -0.243. The van der Waals surface area contributed by atoms with Crippen molar-refractivity contribution < 1.29 is 9.53 Å². The molecule has 0 aliphatic carbocycles. The molecule has 0 amide bonds. The van der Waals surface area contributed by atoms with E-state index in [1.165, 1.54) is 0 Å². The van der Waals surface area contributed by atoms with E-state index in [-0.39, 0.29) is 11.9 Å². The molecule has 2 aromatic rings. The first-order valence-corrected chi connectivity index (χ1v) is 6.52. The lowest BCUT2D eigenvalue weighted by Gasteiger charge is -2.24. The molecule has 0 unspecified atom stereocenters. The second-order valence-corrected chi connectivity index (χ2v) is 5.05. The van der Waals surface area contributed by atoms with Crippen LogP contribution in [-0.4, -0.2) is 22.8 Å². The summed E-state index contributed by atoms with van der Waals surface area (Å²) in [5, 5.41) is 10.5. The maximum atomic E-state index is 12.1. The summed E-state index contributed by atoms with van der Waals surface area (Å²) in [5.41, 5.74) is 4.59. The number of benzene rings is 1. The predicted molar refractivity (Wildman–Crippen MR) is 73.2 cm³/mol. The van der Waals surface area contributed by atoms with Crippen molar-refractivity contribution >= 4 is 11.8 Å². The van der Waals surface area contributed by atoms with Gasteiger partial charge in [0.25, 0.3) is 0 Å². The number of cyclic esters (lactones) is 1. The Balaban J connectivity index is 1.96. The van der Waals surface area contributed by atoms with Gasteiger partial charge in [-0.3, -0.25) is 5.10 Å². The topological polar surface area (TPSA) is 67.0 Å². The Kier molecular flexibility index (Phi) is 2.24. The van der Waals surface area contributed by atoms with Gasteiger partial charge in [0.1, 0.15) is 6.61 Å². The van der Waals surface area contributed by atoms with Crippen LogP contribution < -0.4 is 5.32 Å². The normalized spacial score (nSPS) is 20.2. The summed E-state index contributed by atoms with van der Waals surface area (Å²) in [6, 6.07) is 9.99. The molecule has 1 aromatic carbocycles. The van der Waals surface area contributed by atoms with Crippen LogP contribution in [0.5, 0.6) is 0 Å². The average molecular weight is 267 g/mol. The number of hydrogen-bond acceptors (Lipinski definition) is 4. The quantitative estimate of drug-likeness (QED) is 0.776. The molecule has 0 radical (unpaired) electrons. The first-order valence-electron chi connectivity index (χ1n) is 6.52. The highest BCUT2D eigenvalue weighted by atomic mass is 16.5. The second-order valence-electron chi connectivity index (χ2n) is 5.05. The molecule has 100 valence electrons. The molecule has 2 aliphatic heterocycles. The van der Waals surface area contributed by atoms with Gasteiger partial charge in [0.2, 0.25) is 0 Å². The molecule has 0 saturated carbocycles. The summed E-state index contributed by atoms with van der Waals surface area (Å²) in [7, 11) is 0. The summed E-state index contributed by atoms with van der Waals surface area (Å²) >= 11 is 0. The van der Waals surface area contributed by atoms with Gasteiger partial charge in [0.15, 0.2) is 5.82 Å². The summed E-state index contributed by atoms with van der Waals surface area (Å²) in [4.78, 5) is 12.1. The Bertz CT molecular complexity index is 731. The fourth-order valence-electron chi connectivity index (χ4n) is 2.96. The maximum absolute atomic E-state index is 12.1. The van der Waals surface area contributed by atoms with Gasteiger partial charge in [0, 0.05) is 17.2 Å². The standard InChI is InChI=1S/C15H13N3O2/c1-8-11-12(9-5-3-2-4-6-9)13-10(7-20-15(13)19)16-14(11)18-17-8/h2-6,12H,7H2,1H3,(H2,16,17,18)/t12-/m0/s1. The van der Waals surface area contributed by atoms with E-state index in [9.17, 15) is 4.79 Å². The molecule has 2 N–H and O–H groups in total. The number of carbonyl (C=O) groups excluding carboxylic acids is 1. The summed E-state index contributed by atoms with van der Waals surface area (Å²) in [6.45, 7) is 2.26. The van der Waals surface area contributed by atoms with Gasteiger partial charge in [-0.1, -0.05) is 30.3 Å². The number of aromatic amines is 1. The summed E-state index contributed by atoms with van der Waals surface area (Å²) in [5.74, 6) is 0.428. The summed E-state index contributed by atoms with van der Waals surface area (Å²) in [6.07, 6.45) is 0. The number of anilines is 1. The molecule has 0 bridgehead atoms. The predicted octanol–water partition coefficient (Wildman–Crippen LogP) is 2.09. The van der Waals surface area contributed by atoms with Crippen molar-refractivity contribution in [3.63, 3.8) is 0 Å². The Hall–Kier alpha value is -2.56. The van der Waals surface area contributed by atoms with Crippen LogP contribution in [0.2, 0.25) is 0 Å². The number of esters is 1. The van der Waals surface area contributed by atoms with Gasteiger partial charge in [-0.25, -0.2) is 4.79 Å². The fraction of sp³-hybridized carbons (Fsp3) is 0.200. The molecule has 5 heteroatoms. The first-order chi connectivity index (χ1) is 9.75. The van der Waals surface area contributed by atoms with E-state index in [0.29, 0.717) is 12.2 Å². The highest BCUT2D eigenvalue weighted by Gasteiger charge is 2.40. The molecular formula is C15H13N3O2. The molecule has 4 rings (SSSR count). The van der Waals surface area contributed by atoms with Crippen LogP contribution in [0.4, 0.5) is 5.82 Å². The molecule has 20 heavy (non-hydrogen) atoms. The minimum Gasteiger partial charge on any atom is -0.456 e. The highest BCUT2D eigenvalue weighted by molar-refractivity contribution is 5.97. The number of rotatable bonds is 1. The molecular weight excluding hydrogens is 254 g/mol. The number of aryl methyl sites for hydroxylation is 1. The van der Waals surface area contributed by atoms with Crippen LogP contribution in [0.1, 0.15) is 22.7 Å². The van der Waals surface area contributed by atoms with Gasteiger partial charge in [-0.15, -0.1) is 0 Å². The maximum Gasteiger partial charge on any atom is 0.337 e. The van der Waals surface area contributed by atoms with E-state index >= 15 is 0 Å². The Morgan fingerprint density at radius 1 is 1.30 bits per heavy atom. The lowest BCUT2D eigenvalue weighted by atomic mass is 9.82. The molecule has 0 fully saturated rings. The van der Waals surface area contributed by atoms with Gasteiger partial charge >= 0.3 is 5.97 Å². The SMILES string of the molecule is Cc1[nH]nc2c1[C@H](c1ccccc1)C1=C(COC1=O)N2. The zero-order valence-corrected chi connectivity index (χ0v) is 10.9. The van der Waals surface area contributed by atoms with Crippen molar-refractivity contribution in [1.29, 1.82) is 0 Å². The molecule has 5 nitrogen and oxygen atoms in total. The van der Waals surface area contributed by atoms with Crippen LogP contribution in [0.3, 0.4) is 0 Å². The van der Waals surface area contributed by atoms with Crippen LogP contribution in [0.15, 0.2) is 41.6 Å². The summed E-state index contributed by atoms with van der Waals surface area (Å²) < 4.78 is 5.18. The fourth-order valence-corrected chi connectivity index (χ4v) is 2.96. The number of nitrogens with one attached hydrogen (secondary N) is 2. The third-order valence-electron chi connectivity index (χ3n) is 3.87. The lowest BCUT2D eigenvalue weighted by molar-refractivity contribution is -0.136. The van der Waals surface area contributed by atoms with Crippen LogP contribution in [-0.2, 0) is 9.53 Å². The van der Waals surface area contributed by atoms with Gasteiger partial charge in [-0.2, -0.15) is 5.10 Å². The largest absolute Gasteiger partial charge is 0.456 e. The van der Waals surface area contributed by atoms with Crippen LogP contribution >= 0.6 is 0 Å². The van der Waals surface area contributed by atoms with E-state index in [1.807, 2.05) is 37.3 Å². The Labute approximate surface area is 115 Å². The number of aromatic nitrogens is 2. The molecule has 1 atom stereocenters. The van der Waals surface area contributed by atoms with E-state index < -0.39 is 0 Å². The second kappa shape index (κ2) is 3.96. The molecule has 3 heterocycles. The third kappa shape index (κ3) is 1.43. The van der Waals surface area contributed by atoms with Gasteiger partial charge < -0.3 is 10.1 Å². The minimum absolute atomic E-state index is 0.115. The number of carbonyl (C=O) groups is 1. The van der Waals surface area contributed by atoms with Gasteiger partial charge in [0.05, 0.1) is 11.3 Å². The first kappa shape index (κ1) is 11.3. The molecule has 0 spiro atoms. The van der Waals surface area contributed by atoms with Crippen molar-refractivity contribution in [2.24, 2.45) is 0 Å². The Morgan fingerprint density at radius 3 is 2.90 bits per heavy atom. The Morgan fingerprint density at radius 2 is 2.10 bits per heavy atom. The number of hydrogen-bond donors (Lipinski definition) is 2. The number of nitrogens with zero attached hydrogens (tertiary/aromatic N) is 1. The van der Waals surface area contributed by atoms with E-state index in [0.717, 1.165) is 28.3 Å². The number of ether oxygens (including phenoxy) is 1. The third-order valence-corrected chi connectivity index (χ3v) is 3.87. The van der Waals surface area contributed by atoms with E-state index in [2.05, 4.69) is 15.5 Å². The number of H-pyrrole nitrogens is 1.